The van der Waals surface area contributed by atoms with E-state index in [2.05, 4.69) is 10.1 Å². The van der Waals surface area contributed by atoms with Crippen molar-refractivity contribution in [2.75, 3.05) is 43.1 Å². The molecule has 0 bridgehead atoms. The Kier molecular flexibility index (Phi) is 6.30. The van der Waals surface area contributed by atoms with E-state index in [0.29, 0.717) is 24.5 Å². The summed E-state index contributed by atoms with van der Waals surface area (Å²) in [6, 6.07) is 4.20. The van der Waals surface area contributed by atoms with E-state index in [9.17, 15) is 24.0 Å². The minimum Gasteiger partial charge on any atom is -0.756 e. The maximum absolute atomic E-state index is 14.8. The second-order valence-electron chi connectivity index (χ2n) is 7.46. The zero-order chi connectivity index (χ0) is 22.0. The highest BCUT2D eigenvalue weighted by molar-refractivity contribution is 5.90. The summed E-state index contributed by atoms with van der Waals surface area (Å²) < 4.78 is 24.6. The third-order valence-corrected chi connectivity index (χ3v) is 5.28. The van der Waals surface area contributed by atoms with Gasteiger partial charge in [-0.3, -0.25) is 9.69 Å². The molecule has 30 heavy (non-hydrogen) atoms. The molecule has 0 aromatic heterocycles. The molecule has 0 spiro atoms. The molecule has 3 amide bonds. The van der Waals surface area contributed by atoms with Crippen molar-refractivity contribution in [2.45, 2.75) is 26.0 Å². The van der Waals surface area contributed by atoms with E-state index in [0.717, 1.165) is 6.92 Å². The van der Waals surface area contributed by atoms with Gasteiger partial charge < -0.3 is 30.0 Å². The van der Waals surface area contributed by atoms with Gasteiger partial charge in [0.25, 0.3) is 0 Å². The highest BCUT2D eigenvalue weighted by atomic mass is 19.1. The summed E-state index contributed by atoms with van der Waals surface area (Å²) in [6.07, 6.45) is -2.03. The van der Waals surface area contributed by atoms with Crippen molar-refractivity contribution in [2.24, 2.45) is 5.92 Å². The van der Waals surface area contributed by atoms with E-state index in [1.165, 1.54) is 18.1 Å². The van der Waals surface area contributed by atoms with E-state index < -0.39 is 30.0 Å². The van der Waals surface area contributed by atoms with Crippen LogP contribution in [0.4, 0.5) is 25.4 Å². The molecule has 0 saturated carbocycles. The van der Waals surface area contributed by atoms with Crippen molar-refractivity contribution < 1.29 is 28.2 Å². The first kappa shape index (κ1) is 21.6. The molecule has 0 radical (unpaired) electrons. The molecule has 2 heterocycles. The smallest absolute Gasteiger partial charge is 0.414 e. The molecule has 11 heteroatoms. The number of nitrogens with zero attached hydrogens (tertiary/aromatic N) is 3. The molecule has 1 unspecified atom stereocenters. The van der Waals surface area contributed by atoms with Gasteiger partial charge in [0.15, 0.2) is 0 Å². The van der Waals surface area contributed by atoms with E-state index >= 15 is 0 Å². The maximum atomic E-state index is 14.8. The van der Waals surface area contributed by atoms with Gasteiger partial charge in [0.1, 0.15) is 11.9 Å². The molecule has 2 aliphatic heterocycles. The predicted octanol–water partition coefficient (Wildman–Crippen LogP) is 1.68. The lowest BCUT2D eigenvalue weighted by atomic mass is 10.1. The third-order valence-electron chi connectivity index (χ3n) is 5.28. The number of anilines is 2. The first-order valence-corrected chi connectivity index (χ1v) is 9.52. The van der Waals surface area contributed by atoms with Gasteiger partial charge in [0, 0.05) is 26.6 Å². The van der Waals surface area contributed by atoms with Gasteiger partial charge in [-0.15, -0.1) is 0 Å². The number of amides is 3. The Hall–Kier alpha value is -3.08. The van der Waals surface area contributed by atoms with Gasteiger partial charge in [-0.2, -0.15) is 0 Å². The molecular weight excluding hydrogens is 399 g/mol. The van der Waals surface area contributed by atoms with Crippen molar-refractivity contribution in [1.82, 2.24) is 10.4 Å². The predicted molar refractivity (Wildman–Crippen MR) is 105 cm³/mol. The molecular formula is C19H24FN4O6-. The van der Waals surface area contributed by atoms with Gasteiger partial charge in [-0.25, -0.2) is 14.0 Å². The standard InChI is InChI=1S/C19H24FN4O6/c1-11-7-22(10-16(11)21-18(26)29-3)17-5-4-13(6-15(17)20)23-8-14(30-19(23)27)9-24(28)12(2)25/h4-6,11,14,16H,7-10H2,1-3H3,(H,21,26)/q-1/t11-,14?,16-/m0/s1. The summed E-state index contributed by atoms with van der Waals surface area (Å²) >= 11 is 0. The molecule has 10 nitrogen and oxygen atoms in total. The molecule has 1 aromatic carbocycles. The number of carbonyl (C=O) groups excluding carboxylic acids is 3. The second-order valence-corrected chi connectivity index (χ2v) is 7.46. The largest absolute Gasteiger partial charge is 0.756 e. The summed E-state index contributed by atoms with van der Waals surface area (Å²) in [5, 5.41) is 14.5. The van der Waals surface area contributed by atoms with Crippen molar-refractivity contribution in [1.29, 1.82) is 0 Å². The number of carbonyl (C=O) groups is 3. The number of hydroxylamine groups is 2. The highest BCUT2D eigenvalue weighted by Crippen LogP contribution is 2.31. The van der Waals surface area contributed by atoms with Crippen molar-refractivity contribution in [3.05, 3.63) is 29.2 Å². The number of hydrogen-bond acceptors (Lipinski definition) is 7. The van der Waals surface area contributed by atoms with Crippen molar-refractivity contribution in [3.8, 4) is 0 Å². The molecule has 3 atom stereocenters. The number of halogens is 1. The topological polar surface area (TPSA) is 114 Å². The number of benzene rings is 1. The van der Waals surface area contributed by atoms with Crippen LogP contribution in [-0.2, 0) is 14.3 Å². The quantitative estimate of drug-likeness (QED) is 0.717. The third kappa shape index (κ3) is 4.56. The summed E-state index contributed by atoms with van der Waals surface area (Å²) in [6.45, 7) is 3.80. The van der Waals surface area contributed by atoms with Crippen LogP contribution in [0.25, 0.3) is 0 Å². The molecule has 2 fully saturated rings. The average molecular weight is 423 g/mol. The lowest BCUT2D eigenvalue weighted by Gasteiger charge is -2.28. The van der Waals surface area contributed by atoms with E-state index in [1.807, 2.05) is 11.8 Å². The molecule has 3 rings (SSSR count). The summed E-state index contributed by atoms with van der Waals surface area (Å²) in [5.74, 6) is -1.11. The van der Waals surface area contributed by atoms with Crippen LogP contribution in [0.5, 0.6) is 0 Å². The molecule has 1 N–H and O–H groups in total. The number of methoxy groups -OCH3 is 1. The number of nitrogens with one attached hydrogen (secondary N) is 1. The van der Waals surface area contributed by atoms with Gasteiger partial charge in [-0.1, -0.05) is 6.92 Å². The van der Waals surface area contributed by atoms with Crippen LogP contribution in [0, 0.1) is 16.9 Å². The fourth-order valence-corrected chi connectivity index (χ4v) is 3.62. The second kappa shape index (κ2) is 8.74. The molecule has 164 valence electrons. The maximum Gasteiger partial charge on any atom is 0.414 e. The van der Waals surface area contributed by atoms with E-state index in [4.69, 9.17) is 4.74 Å². The Balaban J connectivity index is 1.68. The fourth-order valence-electron chi connectivity index (χ4n) is 3.62. The average Bonchev–Trinajstić information content (AvgIpc) is 3.23. The van der Waals surface area contributed by atoms with Crippen LogP contribution in [0.1, 0.15) is 13.8 Å². The van der Waals surface area contributed by atoms with Gasteiger partial charge in [0.2, 0.25) is 5.91 Å². The number of cyclic esters (lactones) is 1. The molecule has 1 aromatic rings. The highest BCUT2D eigenvalue weighted by Gasteiger charge is 2.35. The van der Waals surface area contributed by atoms with Crippen LogP contribution in [-0.4, -0.2) is 68.6 Å². The molecule has 2 aliphatic rings. The normalized spacial score (nSPS) is 23.4. The first-order valence-electron chi connectivity index (χ1n) is 9.52. The van der Waals surface area contributed by atoms with Crippen molar-refractivity contribution in [3.63, 3.8) is 0 Å². The Bertz CT molecular complexity index is 837. The number of ether oxygens (including phenoxy) is 2. The van der Waals surface area contributed by atoms with Gasteiger partial charge in [0.05, 0.1) is 31.1 Å². The lowest BCUT2D eigenvalue weighted by molar-refractivity contribution is -0.127. The molecule has 0 aliphatic carbocycles. The molecule has 2 saturated heterocycles. The number of alkyl carbamates (subject to hydrolysis) is 1. The van der Waals surface area contributed by atoms with Crippen LogP contribution in [0.3, 0.4) is 0 Å². The number of hydrogen-bond donors (Lipinski definition) is 1. The number of rotatable bonds is 5. The Morgan fingerprint density at radius 3 is 2.73 bits per heavy atom. The van der Waals surface area contributed by atoms with E-state index in [-0.39, 0.29) is 30.1 Å². The zero-order valence-electron chi connectivity index (χ0n) is 17.0. The Morgan fingerprint density at radius 1 is 1.37 bits per heavy atom. The Labute approximate surface area is 173 Å². The van der Waals surface area contributed by atoms with E-state index in [1.54, 1.807) is 12.1 Å². The monoisotopic (exact) mass is 423 g/mol. The van der Waals surface area contributed by atoms with Crippen LogP contribution >= 0.6 is 0 Å². The summed E-state index contributed by atoms with van der Waals surface area (Å²) in [7, 11) is 1.29. The first-order chi connectivity index (χ1) is 14.2. The van der Waals surface area contributed by atoms with Crippen LogP contribution < -0.4 is 15.1 Å². The van der Waals surface area contributed by atoms with Crippen LogP contribution in [0.2, 0.25) is 0 Å². The summed E-state index contributed by atoms with van der Waals surface area (Å²) in [5.41, 5.74) is 0.645. The van der Waals surface area contributed by atoms with Crippen molar-refractivity contribution >= 4 is 29.5 Å². The summed E-state index contributed by atoms with van der Waals surface area (Å²) in [4.78, 5) is 37.7. The zero-order valence-corrected chi connectivity index (χ0v) is 17.0. The van der Waals surface area contributed by atoms with Gasteiger partial charge >= 0.3 is 12.2 Å². The van der Waals surface area contributed by atoms with Gasteiger partial charge in [-0.05, 0) is 24.1 Å². The van der Waals surface area contributed by atoms with Crippen LogP contribution in [0.15, 0.2) is 18.2 Å². The SMILES string of the molecule is COC(=O)N[C@H]1CN(c2ccc(N3CC(CN([O-])C(C)=O)OC3=O)cc2F)C[C@@H]1C. The fraction of sp³-hybridized carbons (Fsp3) is 0.526. The Morgan fingerprint density at radius 2 is 2.10 bits per heavy atom. The minimum atomic E-state index is -0.786. The lowest BCUT2D eigenvalue weighted by Crippen LogP contribution is -2.39. The minimum absolute atomic E-state index is 0.0372.